The molecule has 0 amide bonds. The van der Waals surface area contributed by atoms with Gasteiger partial charge in [0.15, 0.2) is 0 Å². The van der Waals surface area contributed by atoms with Crippen molar-refractivity contribution < 1.29 is 17.9 Å². The van der Waals surface area contributed by atoms with Crippen molar-refractivity contribution in [1.29, 1.82) is 0 Å². The number of hydrogen-bond acceptors (Lipinski definition) is 4. The highest BCUT2D eigenvalue weighted by Crippen LogP contribution is 2.26. The highest BCUT2D eigenvalue weighted by Gasteiger charge is 2.26. The third-order valence-corrected chi connectivity index (χ3v) is 5.01. The Bertz CT molecular complexity index is 539. The first-order chi connectivity index (χ1) is 8.94. The first-order valence-corrected chi connectivity index (χ1v) is 7.67. The molecule has 0 bridgehead atoms. The number of aryl methyl sites for hydroxylation is 2. The summed E-state index contributed by atoms with van der Waals surface area (Å²) in [6.45, 7) is 4.59. The van der Waals surface area contributed by atoms with E-state index in [4.69, 9.17) is 9.47 Å². The second-order valence-corrected chi connectivity index (χ2v) is 6.42. The van der Waals surface area contributed by atoms with Crippen LogP contribution >= 0.6 is 0 Å². The van der Waals surface area contributed by atoms with E-state index in [1.807, 2.05) is 0 Å². The molecule has 106 valence electrons. The maximum absolute atomic E-state index is 12.4. The van der Waals surface area contributed by atoms with E-state index < -0.39 is 10.0 Å². The summed E-state index contributed by atoms with van der Waals surface area (Å²) in [5.41, 5.74) is 1.37. The average Bonchev–Trinajstić information content (AvgIpc) is 2.79. The monoisotopic (exact) mass is 285 g/mol. The Morgan fingerprint density at radius 3 is 2.42 bits per heavy atom. The molecule has 1 fully saturated rings. The normalized spacial score (nSPS) is 19.6. The van der Waals surface area contributed by atoms with Crippen LogP contribution in [0, 0.1) is 13.8 Å². The summed E-state index contributed by atoms with van der Waals surface area (Å²) in [5.74, 6) is 0.665. The van der Waals surface area contributed by atoms with E-state index in [9.17, 15) is 8.42 Å². The van der Waals surface area contributed by atoms with Gasteiger partial charge in [0, 0.05) is 12.6 Å². The molecule has 0 aromatic heterocycles. The van der Waals surface area contributed by atoms with E-state index >= 15 is 0 Å². The Labute approximate surface area is 114 Å². The van der Waals surface area contributed by atoms with E-state index in [0.717, 1.165) is 0 Å². The molecule has 0 saturated carbocycles. The Morgan fingerprint density at radius 1 is 1.32 bits per heavy atom. The zero-order valence-electron chi connectivity index (χ0n) is 11.4. The molecule has 1 aromatic carbocycles. The molecule has 0 spiro atoms. The van der Waals surface area contributed by atoms with Crippen LogP contribution in [0.4, 0.5) is 0 Å². The van der Waals surface area contributed by atoms with Gasteiger partial charge in [0.05, 0.1) is 18.6 Å². The Kier molecular flexibility index (Phi) is 4.13. The van der Waals surface area contributed by atoms with E-state index in [-0.39, 0.29) is 6.04 Å². The lowest BCUT2D eigenvalue weighted by molar-refractivity contribution is 0.192. The van der Waals surface area contributed by atoms with Gasteiger partial charge in [-0.15, -0.1) is 0 Å². The van der Waals surface area contributed by atoms with Gasteiger partial charge in [-0.1, -0.05) is 0 Å². The van der Waals surface area contributed by atoms with E-state index in [2.05, 4.69) is 4.72 Å². The number of benzene rings is 1. The quantitative estimate of drug-likeness (QED) is 0.907. The fourth-order valence-electron chi connectivity index (χ4n) is 2.36. The maximum atomic E-state index is 12.4. The lowest BCUT2D eigenvalue weighted by atomic mass is 10.1. The molecule has 0 radical (unpaired) electrons. The second kappa shape index (κ2) is 5.48. The minimum atomic E-state index is -3.52. The predicted molar refractivity (Wildman–Crippen MR) is 72.0 cm³/mol. The van der Waals surface area contributed by atoms with E-state index in [0.29, 0.717) is 41.4 Å². The van der Waals surface area contributed by atoms with Crippen LogP contribution in [-0.4, -0.2) is 34.8 Å². The van der Waals surface area contributed by atoms with Gasteiger partial charge in [-0.3, -0.25) is 0 Å². The van der Waals surface area contributed by atoms with Crippen molar-refractivity contribution in [2.24, 2.45) is 0 Å². The van der Waals surface area contributed by atoms with Crippen LogP contribution in [0.2, 0.25) is 0 Å². The van der Waals surface area contributed by atoms with E-state index in [1.165, 1.54) is 0 Å². The SMILES string of the molecule is COc1cc(C)c(S(=O)(=O)NC2CCOC2)c(C)c1. The third-order valence-electron chi connectivity index (χ3n) is 3.19. The smallest absolute Gasteiger partial charge is 0.241 e. The van der Waals surface area contributed by atoms with Gasteiger partial charge >= 0.3 is 0 Å². The largest absolute Gasteiger partial charge is 0.497 e. The molecular formula is C13H19NO4S. The average molecular weight is 285 g/mol. The summed E-state index contributed by atoms with van der Waals surface area (Å²) in [4.78, 5) is 0.334. The summed E-state index contributed by atoms with van der Waals surface area (Å²) in [6.07, 6.45) is 0.716. The molecule has 19 heavy (non-hydrogen) atoms. The molecule has 1 unspecified atom stereocenters. The molecule has 1 N–H and O–H groups in total. The lowest BCUT2D eigenvalue weighted by Gasteiger charge is -2.16. The van der Waals surface area contributed by atoms with Gasteiger partial charge in [0.2, 0.25) is 10.0 Å². The van der Waals surface area contributed by atoms with Crippen molar-refractivity contribution in [3.05, 3.63) is 23.3 Å². The number of rotatable bonds is 4. The zero-order chi connectivity index (χ0) is 14.0. The third kappa shape index (κ3) is 3.08. The molecular weight excluding hydrogens is 266 g/mol. The van der Waals surface area contributed by atoms with Crippen molar-refractivity contribution in [1.82, 2.24) is 4.72 Å². The molecule has 0 aliphatic carbocycles. The van der Waals surface area contributed by atoms with Crippen LogP contribution in [0.3, 0.4) is 0 Å². The highest BCUT2D eigenvalue weighted by molar-refractivity contribution is 7.89. The summed E-state index contributed by atoms with van der Waals surface area (Å²) in [5, 5.41) is 0. The molecule has 5 nitrogen and oxygen atoms in total. The molecule has 1 aromatic rings. The Balaban J connectivity index is 2.34. The van der Waals surface area contributed by atoms with Crippen molar-refractivity contribution in [2.45, 2.75) is 31.2 Å². The molecule has 2 rings (SSSR count). The van der Waals surface area contributed by atoms with E-state index in [1.54, 1.807) is 33.1 Å². The van der Waals surface area contributed by atoms with Gasteiger partial charge in [-0.05, 0) is 43.5 Å². The minimum Gasteiger partial charge on any atom is -0.497 e. The summed E-state index contributed by atoms with van der Waals surface area (Å²) in [7, 11) is -1.95. The van der Waals surface area contributed by atoms with Crippen LogP contribution < -0.4 is 9.46 Å². The molecule has 6 heteroatoms. The summed E-state index contributed by atoms with van der Waals surface area (Å²) >= 11 is 0. The van der Waals surface area contributed by atoms with Crippen LogP contribution in [0.15, 0.2) is 17.0 Å². The second-order valence-electron chi connectivity index (χ2n) is 4.77. The number of methoxy groups -OCH3 is 1. The van der Waals surface area contributed by atoms with Crippen molar-refractivity contribution in [3.63, 3.8) is 0 Å². The molecule has 1 aliphatic rings. The van der Waals surface area contributed by atoms with Crippen molar-refractivity contribution in [3.8, 4) is 5.75 Å². The molecule has 1 heterocycles. The topological polar surface area (TPSA) is 64.6 Å². The van der Waals surface area contributed by atoms with Crippen molar-refractivity contribution >= 4 is 10.0 Å². The molecule has 1 atom stereocenters. The van der Waals surface area contributed by atoms with Gasteiger partial charge in [-0.25, -0.2) is 13.1 Å². The number of hydrogen-bond donors (Lipinski definition) is 1. The van der Waals surface area contributed by atoms with Gasteiger partial charge < -0.3 is 9.47 Å². The molecule has 1 aliphatic heterocycles. The van der Waals surface area contributed by atoms with Crippen LogP contribution in [-0.2, 0) is 14.8 Å². The number of nitrogens with one attached hydrogen (secondary N) is 1. The van der Waals surface area contributed by atoms with Gasteiger partial charge in [0.1, 0.15) is 5.75 Å². The van der Waals surface area contributed by atoms with Gasteiger partial charge in [-0.2, -0.15) is 0 Å². The van der Waals surface area contributed by atoms with Crippen LogP contribution in [0.25, 0.3) is 0 Å². The lowest BCUT2D eigenvalue weighted by Crippen LogP contribution is -2.35. The zero-order valence-corrected chi connectivity index (χ0v) is 12.2. The van der Waals surface area contributed by atoms with Crippen molar-refractivity contribution in [2.75, 3.05) is 20.3 Å². The standard InChI is InChI=1S/C13H19NO4S/c1-9-6-12(17-3)7-10(2)13(9)19(15,16)14-11-4-5-18-8-11/h6-7,11,14H,4-5,8H2,1-3H3. The maximum Gasteiger partial charge on any atom is 0.241 e. The first-order valence-electron chi connectivity index (χ1n) is 6.19. The minimum absolute atomic E-state index is 0.133. The Hall–Kier alpha value is -1.11. The predicted octanol–water partition coefficient (Wildman–Crippen LogP) is 1.38. The van der Waals surface area contributed by atoms with Crippen LogP contribution in [0.1, 0.15) is 17.5 Å². The summed E-state index contributed by atoms with van der Waals surface area (Å²) in [6, 6.07) is 3.32. The highest BCUT2D eigenvalue weighted by atomic mass is 32.2. The summed E-state index contributed by atoms with van der Waals surface area (Å²) < 4.78 is 37.9. The first kappa shape index (κ1) is 14.3. The van der Waals surface area contributed by atoms with Crippen LogP contribution in [0.5, 0.6) is 5.75 Å². The van der Waals surface area contributed by atoms with Gasteiger partial charge in [0.25, 0.3) is 0 Å². The molecule has 1 saturated heterocycles. The fraction of sp³-hybridized carbons (Fsp3) is 0.538. The Morgan fingerprint density at radius 2 is 1.95 bits per heavy atom. The number of sulfonamides is 1. The number of ether oxygens (including phenoxy) is 2. The fourth-order valence-corrected chi connectivity index (χ4v) is 4.07.